The standard InChI is InChI=1S/C26H34N6O3/c1-5-35-23-12-20(30-10-8-19(9-11-30)31-14-21(15-31)34-4)6-7-22(23)26(33)29-24-16-32-13-17(2)27-25(32)18(3)28-24/h6-7,12-13,16,19,21H,5,8-11,14-15H2,1-4H3,(H,29,33). The summed E-state index contributed by atoms with van der Waals surface area (Å²) in [5, 5.41) is 2.93. The van der Waals surface area contributed by atoms with E-state index in [0.29, 0.717) is 35.9 Å². The monoisotopic (exact) mass is 478 g/mol. The van der Waals surface area contributed by atoms with E-state index in [2.05, 4.69) is 25.1 Å². The van der Waals surface area contributed by atoms with Gasteiger partial charge in [-0.1, -0.05) is 0 Å². The SMILES string of the molecule is CCOc1cc(N2CCC(N3CC(OC)C3)CC2)ccc1C(=O)Nc1cn2cc(C)nc2c(C)n1. The smallest absolute Gasteiger partial charge is 0.260 e. The third kappa shape index (κ3) is 4.83. The van der Waals surface area contributed by atoms with Gasteiger partial charge in [-0.25, -0.2) is 9.97 Å². The number of amides is 1. The Balaban J connectivity index is 1.28. The van der Waals surface area contributed by atoms with Gasteiger partial charge in [-0.15, -0.1) is 0 Å². The van der Waals surface area contributed by atoms with Crippen LogP contribution >= 0.6 is 0 Å². The van der Waals surface area contributed by atoms with Crippen LogP contribution in [0.3, 0.4) is 0 Å². The molecule has 186 valence electrons. The van der Waals surface area contributed by atoms with E-state index in [4.69, 9.17) is 9.47 Å². The third-order valence-corrected chi connectivity index (χ3v) is 7.03. The van der Waals surface area contributed by atoms with Gasteiger partial charge in [0.1, 0.15) is 11.6 Å². The summed E-state index contributed by atoms with van der Waals surface area (Å²) in [6.07, 6.45) is 6.35. The third-order valence-electron chi connectivity index (χ3n) is 7.03. The maximum Gasteiger partial charge on any atom is 0.260 e. The summed E-state index contributed by atoms with van der Waals surface area (Å²) < 4.78 is 13.2. The predicted octanol–water partition coefficient (Wildman–Crippen LogP) is 3.30. The lowest BCUT2D eigenvalue weighted by Gasteiger charge is -2.46. The van der Waals surface area contributed by atoms with Crippen LogP contribution in [0.1, 0.15) is 41.5 Å². The van der Waals surface area contributed by atoms with Gasteiger partial charge in [-0.05, 0) is 45.7 Å². The molecule has 2 saturated heterocycles. The highest BCUT2D eigenvalue weighted by molar-refractivity contribution is 6.06. The van der Waals surface area contributed by atoms with Crippen LogP contribution in [0.25, 0.3) is 5.65 Å². The van der Waals surface area contributed by atoms with Crippen molar-refractivity contribution < 1.29 is 14.3 Å². The van der Waals surface area contributed by atoms with E-state index < -0.39 is 0 Å². The molecule has 1 N–H and O–H groups in total. The Morgan fingerprint density at radius 1 is 1.14 bits per heavy atom. The number of hydrogen-bond donors (Lipinski definition) is 1. The predicted molar refractivity (Wildman–Crippen MR) is 136 cm³/mol. The van der Waals surface area contributed by atoms with Gasteiger partial charge < -0.3 is 24.1 Å². The Kier molecular flexibility index (Phi) is 6.62. The summed E-state index contributed by atoms with van der Waals surface area (Å²) in [4.78, 5) is 27.1. The number of aryl methyl sites for hydroxylation is 2. The number of carbonyl (C=O) groups is 1. The van der Waals surface area contributed by atoms with Crippen LogP contribution in [0.5, 0.6) is 5.75 Å². The van der Waals surface area contributed by atoms with Crippen molar-refractivity contribution >= 4 is 23.1 Å². The van der Waals surface area contributed by atoms with Crippen LogP contribution in [0.4, 0.5) is 11.5 Å². The number of rotatable bonds is 7. The zero-order chi connectivity index (χ0) is 24.5. The Labute approximate surface area is 206 Å². The van der Waals surface area contributed by atoms with Gasteiger partial charge in [0.05, 0.1) is 35.9 Å². The van der Waals surface area contributed by atoms with Crippen molar-refractivity contribution in [3.05, 3.63) is 47.5 Å². The van der Waals surface area contributed by atoms with Gasteiger partial charge in [-0.3, -0.25) is 9.69 Å². The first kappa shape index (κ1) is 23.6. The van der Waals surface area contributed by atoms with Crippen LogP contribution in [0, 0.1) is 13.8 Å². The normalized spacial score (nSPS) is 17.5. The molecule has 0 aliphatic carbocycles. The summed E-state index contributed by atoms with van der Waals surface area (Å²) >= 11 is 0. The first-order chi connectivity index (χ1) is 16.9. The molecule has 0 saturated carbocycles. The average molecular weight is 479 g/mol. The second-order valence-corrected chi connectivity index (χ2v) is 9.42. The van der Waals surface area contributed by atoms with Crippen molar-refractivity contribution in [3.63, 3.8) is 0 Å². The minimum atomic E-state index is -0.243. The maximum absolute atomic E-state index is 13.2. The molecule has 0 atom stereocenters. The molecule has 0 spiro atoms. The van der Waals surface area contributed by atoms with Crippen LogP contribution in [-0.2, 0) is 4.74 Å². The molecule has 2 aromatic heterocycles. The molecule has 0 radical (unpaired) electrons. The number of methoxy groups -OCH3 is 1. The molecule has 2 fully saturated rings. The van der Waals surface area contributed by atoms with E-state index in [1.165, 1.54) is 0 Å². The second-order valence-electron chi connectivity index (χ2n) is 9.42. The number of piperidine rings is 1. The fraction of sp³-hybridized carbons (Fsp3) is 0.500. The minimum Gasteiger partial charge on any atom is -0.493 e. The average Bonchev–Trinajstić information content (AvgIpc) is 3.20. The first-order valence-corrected chi connectivity index (χ1v) is 12.4. The van der Waals surface area contributed by atoms with E-state index in [1.807, 2.05) is 49.6 Å². The van der Waals surface area contributed by atoms with Crippen molar-refractivity contribution in [2.24, 2.45) is 0 Å². The quantitative estimate of drug-likeness (QED) is 0.558. The molecule has 9 heteroatoms. The van der Waals surface area contributed by atoms with Crippen molar-refractivity contribution in [3.8, 4) is 5.75 Å². The number of nitrogens with one attached hydrogen (secondary N) is 1. The summed E-state index contributed by atoms with van der Waals surface area (Å²) in [6, 6.07) is 6.49. The number of hydrogen-bond acceptors (Lipinski definition) is 7. The van der Waals surface area contributed by atoms with Crippen LogP contribution in [-0.4, -0.2) is 77.2 Å². The lowest BCUT2D eigenvalue weighted by atomic mass is 9.98. The number of fused-ring (bicyclic) bond motifs is 1. The van der Waals surface area contributed by atoms with Gasteiger partial charge in [0.2, 0.25) is 0 Å². The maximum atomic E-state index is 13.2. The number of nitrogens with zero attached hydrogens (tertiary/aromatic N) is 5. The Hall–Kier alpha value is -3.17. The molecule has 1 aromatic carbocycles. The van der Waals surface area contributed by atoms with E-state index in [0.717, 1.165) is 61.7 Å². The van der Waals surface area contributed by atoms with E-state index in [9.17, 15) is 4.79 Å². The molecule has 4 heterocycles. The number of ether oxygens (including phenoxy) is 2. The highest BCUT2D eigenvalue weighted by Gasteiger charge is 2.34. The summed E-state index contributed by atoms with van der Waals surface area (Å²) in [6.45, 7) is 10.3. The number of carbonyl (C=O) groups excluding carboxylic acids is 1. The molecular weight excluding hydrogens is 444 g/mol. The Bertz CT molecular complexity index is 1210. The Morgan fingerprint density at radius 3 is 2.63 bits per heavy atom. The second kappa shape index (κ2) is 9.83. The zero-order valence-electron chi connectivity index (χ0n) is 21.0. The van der Waals surface area contributed by atoms with Crippen molar-refractivity contribution in [2.45, 2.75) is 45.8 Å². The van der Waals surface area contributed by atoms with Crippen LogP contribution in [0.2, 0.25) is 0 Å². The number of aromatic nitrogens is 3. The van der Waals surface area contributed by atoms with Gasteiger partial charge in [0.15, 0.2) is 5.65 Å². The lowest BCUT2D eigenvalue weighted by molar-refractivity contribution is -0.0546. The van der Waals surface area contributed by atoms with E-state index in [1.54, 1.807) is 13.3 Å². The fourth-order valence-corrected chi connectivity index (χ4v) is 5.09. The molecule has 0 bridgehead atoms. The van der Waals surface area contributed by atoms with Crippen LogP contribution in [0.15, 0.2) is 30.6 Å². The molecule has 5 rings (SSSR count). The highest BCUT2D eigenvalue weighted by atomic mass is 16.5. The molecule has 2 aliphatic heterocycles. The van der Waals surface area contributed by atoms with E-state index in [-0.39, 0.29) is 5.91 Å². The number of benzene rings is 1. The van der Waals surface area contributed by atoms with Crippen molar-refractivity contribution in [1.82, 2.24) is 19.3 Å². The van der Waals surface area contributed by atoms with Gasteiger partial charge >= 0.3 is 0 Å². The molecule has 9 nitrogen and oxygen atoms in total. The highest BCUT2D eigenvalue weighted by Crippen LogP contribution is 2.30. The van der Waals surface area contributed by atoms with E-state index >= 15 is 0 Å². The number of likely N-dealkylation sites (tertiary alicyclic amines) is 1. The number of anilines is 2. The first-order valence-electron chi connectivity index (χ1n) is 12.4. The lowest BCUT2D eigenvalue weighted by Crippen LogP contribution is -2.58. The molecule has 35 heavy (non-hydrogen) atoms. The largest absolute Gasteiger partial charge is 0.493 e. The van der Waals surface area contributed by atoms with Crippen LogP contribution < -0.4 is 15.0 Å². The van der Waals surface area contributed by atoms with Gasteiger partial charge in [0.25, 0.3) is 5.91 Å². The van der Waals surface area contributed by atoms with Crippen molar-refractivity contribution in [1.29, 1.82) is 0 Å². The topological polar surface area (TPSA) is 84.2 Å². The fourth-order valence-electron chi connectivity index (χ4n) is 5.09. The minimum absolute atomic E-state index is 0.243. The molecule has 2 aliphatic rings. The number of imidazole rings is 1. The molecule has 3 aromatic rings. The molecular formula is C26H34N6O3. The van der Waals surface area contributed by atoms with Crippen molar-refractivity contribution in [2.75, 3.05) is 50.1 Å². The summed E-state index contributed by atoms with van der Waals surface area (Å²) in [5.41, 5.74) is 4.04. The Morgan fingerprint density at radius 2 is 1.91 bits per heavy atom. The zero-order valence-corrected chi connectivity index (χ0v) is 21.0. The summed E-state index contributed by atoms with van der Waals surface area (Å²) in [7, 11) is 1.79. The summed E-state index contributed by atoms with van der Waals surface area (Å²) in [5.74, 6) is 0.826. The van der Waals surface area contributed by atoms with Gasteiger partial charge in [-0.2, -0.15) is 0 Å². The molecule has 0 unspecified atom stereocenters. The molecule has 1 amide bonds. The van der Waals surface area contributed by atoms with Gasteiger partial charge in [0, 0.05) is 57.3 Å².